The Morgan fingerprint density at radius 1 is 1.56 bits per heavy atom. The first-order valence-electron chi connectivity index (χ1n) is 4.81. The van der Waals surface area contributed by atoms with E-state index in [0.29, 0.717) is 12.1 Å². The lowest BCUT2D eigenvalue weighted by molar-refractivity contribution is -0.125. The summed E-state index contributed by atoms with van der Waals surface area (Å²) in [5, 5.41) is 20.8. The summed E-state index contributed by atoms with van der Waals surface area (Å²) in [6.45, 7) is 0.489. The number of carbonyl (C=O) groups is 1. The molecule has 4 N–H and O–H groups in total. The van der Waals surface area contributed by atoms with Gasteiger partial charge < -0.3 is 16.2 Å². The minimum absolute atomic E-state index is 0.0785. The van der Waals surface area contributed by atoms with Crippen LogP contribution in [0.5, 0.6) is 0 Å². The first kappa shape index (κ1) is 12.2. The summed E-state index contributed by atoms with van der Waals surface area (Å²) in [6, 6.07) is 9.18. The van der Waals surface area contributed by atoms with E-state index in [-0.39, 0.29) is 6.54 Å². The van der Waals surface area contributed by atoms with Gasteiger partial charge in [0.15, 0.2) is 0 Å². The molecule has 1 rings (SSSR count). The molecular formula is C11H13N3O2. The molecule has 1 atom stereocenters. The van der Waals surface area contributed by atoms with E-state index in [1.165, 1.54) is 0 Å². The Hall–Kier alpha value is -1.90. The molecule has 0 aliphatic heterocycles. The molecule has 0 aliphatic rings. The molecule has 0 aliphatic carbocycles. The molecule has 0 spiro atoms. The number of hydrogen-bond donors (Lipinski definition) is 3. The van der Waals surface area contributed by atoms with Crippen molar-refractivity contribution in [2.45, 2.75) is 12.6 Å². The van der Waals surface area contributed by atoms with Gasteiger partial charge in [-0.2, -0.15) is 5.26 Å². The average Bonchev–Trinajstić information content (AvgIpc) is 2.29. The van der Waals surface area contributed by atoms with Crippen molar-refractivity contribution in [1.82, 2.24) is 5.32 Å². The molecule has 0 saturated heterocycles. The number of nitrogens with one attached hydrogen (secondary N) is 1. The predicted octanol–water partition coefficient (Wildman–Crippen LogP) is -0.506. The van der Waals surface area contributed by atoms with Crippen LogP contribution < -0.4 is 11.1 Å². The molecule has 0 heterocycles. The number of amides is 1. The zero-order valence-corrected chi connectivity index (χ0v) is 8.68. The second-order valence-electron chi connectivity index (χ2n) is 3.32. The van der Waals surface area contributed by atoms with Gasteiger partial charge in [0.2, 0.25) is 5.91 Å². The Kier molecular flexibility index (Phi) is 4.45. The van der Waals surface area contributed by atoms with Gasteiger partial charge in [-0.05, 0) is 11.6 Å². The molecule has 84 valence electrons. The number of nitrogens with two attached hydrogens (primary N) is 1. The van der Waals surface area contributed by atoms with Crippen LogP contribution in [0.4, 0.5) is 0 Å². The third-order valence-electron chi connectivity index (χ3n) is 2.12. The Balaban J connectivity index is 2.49. The predicted molar refractivity (Wildman–Crippen MR) is 58.1 cm³/mol. The monoisotopic (exact) mass is 219 g/mol. The smallest absolute Gasteiger partial charge is 0.247 e. The van der Waals surface area contributed by atoms with E-state index < -0.39 is 12.0 Å². The van der Waals surface area contributed by atoms with Crippen molar-refractivity contribution in [3.05, 3.63) is 35.4 Å². The van der Waals surface area contributed by atoms with Crippen LogP contribution in [0.25, 0.3) is 0 Å². The average molecular weight is 219 g/mol. The number of benzene rings is 1. The van der Waals surface area contributed by atoms with Gasteiger partial charge in [0, 0.05) is 13.1 Å². The van der Waals surface area contributed by atoms with Crippen molar-refractivity contribution in [3.8, 4) is 6.07 Å². The van der Waals surface area contributed by atoms with Crippen molar-refractivity contribution >= 4 is 5.91 Å². The zero-order valence-electron chi connectivity index (χ0n) is 8.68. The van der Waals surface area contributed by atoms with Crippen LogP contribution >= 0.6 is 0 Å². The maximum absolute atomic E-state index is 10.5. The van der Waals surface area contributed by atoms with Crippen LogP contribution in [0.15, 0.2) is 24.3 Å². The van der Waals surface area contributed by atoms with Crippen LogP contribution in [0.3, 0.4) is 0 Å². The summed E-state index contributed by atoms with van der Waals surface area (Å²) in [7, 11) is 0. The maximum atomic E-state index is 10.5. The highest BCUT2D eigenvalue weighted by Gasteiger charge is 2.09. The van der Waals surface area contributed by atoms with Gasteiger partial charge in [-0.1, -0.05) is 18.2 Å². The largest absolute Gasteiger partial charge is 0.382 e. The SMILES string of the molecule is N#Cc1ccccc1CNCC(O)C(N)=O. The quantitative estimate of drug-likeness (QED) is 0.621. The van der Waals surface area contributed by atoms with E-state index in [1.54, 1.807) is 12.1 Å². The molecule has 16 heavy (non-hydrogen) atoms. The summed E-state index contributed by atoms with van der Waals surface area (Å²) in [6.07, 6.45) is -1.20. The number of carbonyl (C=O) groups excluding carboxylic acids is 1. The van der Waals surface area contributed by atoms with Crippen molar-refractivity contribution < 1.29 is 9.90 Å². The number of hydrogen-bond acceptors (Lipinski definition) is 4. The molecule has 0 saturated carbocycles. The summed E-state index contributed by atoms with van der Waals surface area (Å²) in [5.41, 5.74) is 6.28. The minimum atomic E-state index is -1.20. The Bertz CT molecular complexity index is 412. The number of primary amides is 1. The first-order chi connectivity index (χ1) is 7.65. The second kappa shape index (κ2) is 5.85. The summed E-state index contributed by atoms with van der Waals surface area (Å²) >= 11 is 0. The third kappa shape index (κ3) is 3.35. The number of rotatable bonds is 5. The van der Waals surface area contributed by atoms with Gasteiger partial charge in [0.1, 0.15) is 6.10 Å². The highest BCUT2D eigenvalue weighted by atomic mass is 16.3. The van der Waals surface area contributed by atoms with Crippen LogP contribution in [0.2, 0.25) is 0 Å². The third-order valence-corrected chi connectivity index (χ3v) is 2.12. The lowest BCUT2D eigenvalue weighted by Crippen LogP contribution is -2.37. The van der Waals surface area contributed by atoms with Crippen molar-refractivity contribution in [2.24, 2.45) is 5.73 Å². The highest BCUT2D eigenvalue weighted by Crippen LogP contribution is 2.06. The molecule has 5 nitrogen and oxygen atoms in total. The van der Waals surface area contributed by atoms with Crippen LogP contribution in [0.1, 0.15) is 11.1 Å². The molecule has 1 aromatic rings. The van der Waals surface area contributed by atoms with E-state index in [9.17, 15) is 4.79 Å². The van der Waals surface area contributed by atoms with Crippen molar-refractivity contribution in [3.63, 3.8) is 0 Å². The Morgan fingerprint density at radius 2 is 2.25 bits per heavy atom. The van der Waals surface area contributed by atoms with Gasteiger partial charge in [-0.3, -0.25) is 4.79 Å². The second-order valence-corrected chi connectivity index (χ2v) is 3.32. The number of nitrogens with zero attached hydrogens (tertiary/aromatic N) is 1. The van der Waals surface area contributed by atoms with E-state index in [2.05, 4.69) is 11.4 Å². The van der Waals surface area contributed by atoms with Gasteiger partial charge in [-0.25, -0.2) is 0 Å². The molecule has 5 heteroatoms. The number of aliphatic hydroxyl groups is 1. The molecule has 1 amide bonds. The zero-order chi connectivity index (χ0) is 12.0. The molecule has 0 radical (unpaired) electrons. The van der Waals surface area contributed by atoms with E-state index >= 15 is 0 Å². The number of nitriles is 1. The number of aliphatic hydroxyl groups excluding tert-OH is 1. The van der Waals surface area contributed by atoms with Gasteiger partial charge in [-0.15, -0.1) is 0 Å². The summed E-state index contributed by atoms with van der Waals surface area (Å²) < 4.78 is 0. The van der Waals surface area contributed by atoms with Crippen molar-refractivity contribution in [2.75, 3.05) is 6.54 Å². The Labute approximate surface area is 93.5 Å². The molecule has 0 bridgehead atoms. The van der Waals surface area contributed by atoms with E-state index in [4.69, 9.17) is 16.1 Å². The summed E-state index contributed by atoms with van der Waals surface area (Å²) in [5.74, 6) is -0.763. The lowest BCUT2D eigenvalue weighted by Gasteiger charge is -2.09. The van der Waals surface area contributed by atoms with Crippen LogP contribution in [-0.4, -0.2) is 23.7 Å². The molecule has 0 fully saturated rings. The molecule has 1 aromatic carbocycles. The molecule has 1 unspecified atom stereocenters. The van der Waals surface area contributed by atoms with E-state index in [0.717, 1.165) is 5.56 Å². The summed E-state index contributed by atoms with van der Waals surface area (Å²) in [4.78, 5) is 10.5. The van der Waals surface area contributed by atoms with Gasteiger partial charge >= 0.3 is 0 Å². The first-order valence-corrected chi connectivity index (χ1v) is 4.81. The topological polar surface area (TPSA) is 99.1 Å². The fraction of sp³-hybridized carbons (Fsp3) is 0.273. The normalized spacial score (nSPS) is 11.8. The molecule has 0 aromatic heterocycles. The van der Waals surface area contributed by atoms with Crippen LogP contribution in [-0.2, 0) is 11.3 Å². The van der Waals surface area contributed by atoms with Gasteiger partial charge in [0.05, 0.1) is 11.6 Å². The van der Waals surface area contributed by atoms with E-state index in [1.807, 2.05) is 12.1 Å². The standard InChI is InChI=1S/C11H13N3O2/c12-5-8-3-1-2-4-9(8)6-14-7-10(15)11(13)16/h1-4,10,14-15H,6-7H2,(H2,13,16). The fourth-order valence-corrected chi connectivity index (χ4v) is 1.23. The van der Waals surface area contributed by atoms with Gasteiger partial charge in [0.25, 0.3) is 0 Å². The minimum Gasteiger partial charge on any atom is -0.382 e. The Morgan fingerprint density at radius 3 is 2.88 bits per heavy atom. The van der Waals surface area contributed by atoms with Crippen LogP contribution in [0, 0.1) is 11.3 Å². The fourth-order valence-electron chi connectivity index (χ4n) is 1.23. The maximum Gasteiger partial charge on any atom is 0.247 e. The highest BCUT2D eigenvalue weighted by molar-refractivity contribution is 5.78. The molecular weight excluding hydrogens is 206 g/mol. The van der Waals surface area contributed by atoms with Crippen molar-refractivity contribution in [1.29, 1.82) is 5.26 Å². The lowest BCUT2D eigenvalue weighted by atomic mass is 10.1.